The third-order valence-electron chi connectivity index (χ3n) is 3.38. The Bertz CT molecular complexity index is 795. The summed E-state index contributed by atoms with van der Waals surface area (Å²) >= 11 is 0. The normalized spacial score (nSPS) is 10.1. The molecule has 0 heterocycles. The number of hydrogen-bond acceptors (Lipinski definition) is 2. The van der Waals surface area contributed by atoms with E-state index in [2.05, 4.69) is 5.32 Å². The molecule has 3 heteroatoms. The largest absolute Gasteiger partial charge is 0.457 e. The van der Waals surface area contributed by atoms with Gasteiger partial charge in [0.2, 0.25) is 5.91 Å². The molecule has 3 aromatic rings. The highest BCUT2D eigenvalue weighted by molar-refractivity contribution is 5.94. The van der Waals surface area contributed by atoms with Crippen molar-refractivity contribution in [2.24, 2.45) is 0 Å². The number of hydrogen-bond donors (Lipinski definition) is 1. The van der Waals surface area contributed by atoms with E-state index >= 15 is 0 Å². The Morgan fingerprint density at radius 3 is 2.09 bits per heavy atom. The predicted octanol–water partition coefficient (Wildman–Crippen LogP) is 5.10. The Morgan fingerprint density at radius 2 is 1.39 bits per heavy atom. The Kier molecular flexibility index (Phi) is 4.39. The van der Waals surface area contributed by atoms with Crippen LogP contribution >= 0.6 is 0 Å². The van der Waals surface area contributed by atoms with E-state index in [0.717, 1.165) is 28.3 Å². The molecule has 0 aliphatic rings. The minimum atomic E-state index is -0.0820. The molecule has 0 spiro atoms. The minimum absolute atomic E-state index is 0.0820. The SMILES string of the molecule is CC(=O)Nc1ccccc1-c1ccc(Oc2ccccc2)cc1. The number of ether oxygens (including phenoxy) is 1. The van der Waals surface area contributed by atoms with E-state index in [1.807, 2.05) is 78.9 Å². The molecule has 0 saturated heterocycles. The van der Waals surface area contributed by atoms with Crippen molar-refractivity contribution in [3.8, 4) is 22.6 Å². The van der Waals surface area contributed by atoms with Crippen molar-refractivity contribution < 1.29 is 9.53 Å². The van der Waals surface area contributed by atoms with Gasteiger partial charge < -0.3 is 10.1 Å². The molecule has 0 aromatic heterocycles. The van der Waals surface area contributed by atoms with Gasteiger partial charge in [-0.25, -0.2) is 0 Å². The summed E-state index contributed by atoms with van der Waals surface area (Å²) in [5.41, 5.74) is 2.81. The molecule has 0 fully saturated rings. The summed E-state index contributed by atoms with van der Waals surface area (Å²) in [5.74, 6) is 1.50. The topological polar surface area (TPSA) is 38.3 Å². The van der Waals surface area contributed by atoms with Crippen LogP contribution in [-0.2, 0) is 4.79 Å². The van der Waals surface area contributed by atoms with Gasteiger partial charge in [-0.2, -0.15) is 0 Å². The van der Waals surface area contributed by atoms with Gasteiger partial charge in [-0.3, -0.25) is 4.79 Å². The first kappa shape index (κ1) is 14.9. The van der Waals surface area contributed by atoms with E-state index in [0.29, 0.717) is 0 Å². The van der Waals surface area contributed by atoms with Crippen molar-refractivity contribution in [1.29, 1.82) is 0 Å². The molecular weight excluding hydrogens is 286 g/mol. The minimum Gasteiger partial charge on any atom is -0.457 e. The van der Waals surface area contributed by atoms with E-state index in [1.165, 1.54) is 6.92 Å². The van der Waals surface area contributed by atoms with Crippen LogP contribution in [0.15, 0.2) is 78.9 Å². The summed E-state index contributed by atoms with van der Waals surface area (Å²) in [6.07, 6.45) is 0. The van der Waals surface area contributed by atoms with Crippen molar-refractivity contribution in [2.75, 3.05) is 5.32 Å². The average molecular weight is 303 g/mol. The zero-order valence-electron chi connectivity index (χ0n) is 12.8. The average Bonchev–Trinajstić information content (AvgIpc) is 2.57. The molecule has 0 unspecified atom stereocenters. The summed E-state index contributed by atoms with van der Waals surface area (Å²) < 4.78 is 5.79. The number of benzene rings is 3. The fourth-order valence-electron chi connectivity index (χ4n) is 2.36. The maximum Gasteiger partial charge on any atom is 0.221 e. The van der Waals surface area contributed by atoms with Gasteiger partial charge in [0.05, 0.1) is 0 Å². The van der Waals surface area contributed by atoms with Crippen LogP contribution in [0.5, 0.6) is 11.5 Å². The number of carbonyl (C=O) groups is 1. The van der Waals surface area contributed by atoms with Crippen molar-refractivity contribution in [1.82, 2.24) is 0 Å². The van der Waals surface area contributed by atoms with Crippen LogP contribution in [0.25, 0.3) is 11.1 Å². The fourth-order valence-corrected chi connectivity index (χ4v) is 2.36. The molecule has 3 aromatic carbocycles. The Morgan fingerprint density at radius 1 is 0.783 bits per heavy atom. The molecule has 0 saturated carbocycles. The van der Waals surface area contributed by atoms with Crippen LogP contribution in [-0.4, -0.2) is 5.91 Å². The molecule has 1 amide bonds. The first-order chi connectivity index (χ1) is 11.2. The Labute approximate surface area is 135 Å². The molecule has 3 nitrogen and oxygen atoms in total. The first-order valence-corrected chi connectivity index (χ1v) is 7.42. The third-order valence-corrected chi connectivity index (χ3v) is 3.38. The molecule has 23 heavy (non-hydrogen) atoms. The number of carbonyl (C=O) groups excluding carboxylic acids is 1. The number of nitrogens with one attached hydrogen (secondary N) is 1. The third kappa shape index (κ3) is 3.77. The lowest BCUT2D eigenvalue weighted by atomic mass is 10.0. The summed E-state index contributed by atoms with van der Waals surface area (Å²) in [6.45, 7) is 1.51. The quantitative estimate of drug-likeness (QED) is 0.727. The van der Waals surface area contributed by atoms with Gasteiger partial charge >= 0.3 is 0 Å². The number of rotatable bonds is 4. The molecule has 3 rings (SSSR count). The van der Waals surface area contributed by atoms with Gasteiger partial charge in [0.25, 0.3) is 0 Å². The summed E-state index contributed by atoms with van der Waals surface area (Å²) in [4.78, 5) is 11.3. The van der Waals surface area contributed by atoms with Gasteiger partial charge in [0.15, 0.2) is 0 Å². The number of amides is 1. The van der Waals surface area contributed by atoms with Crippen LogP contribution in [0.2, 0.25) is 0 Å². The molecule has 0 radical (unpaired) electrons. The van der Waals surface area contributed by atoms with E-state index in [4.69, 9.17) is 4.74 Å². The molecule has 1 N–H and O–H groups in total. The second-order valence-corrected chi connectivity index (χ2v) is 5.17. The highest BCUT2D eigenvalue weighted by atomic mass is 16.5. The van der Waals surface area contributed by atoms with Crippen LogP contribution < -0.4 is 10.1 Å². The molecule has 0 aliphatic heterocycles. The Hall–Kier alpha value is -3.07. The smallest absolute Gasteiger partial charge is 0.221 e. The van der Waals surface area contributed by atoms with Gasteiger partial charge in [-0.1, -0.05) is 48.5 Å². The number of para-hydroxylation sites is 2. The van der Waals surface area contributed by atoms with Crippen molar-refractivity contribution in [3.05, 3.63) is 78.9 Å². The maximum absolute atomic E-state index is 11.3. The van der Waals surface area contributed by atoms with Crippen LogP contribution in [0, 0.1) is 0 Å². The zero-order chi connectivity index (χ0) is 16.1. The predicted molar refractivity (Wildman–Crippen MR) is 92.7 cm³/mol. The van der Waals surface area contributed by atoms with E-state index in [-0.39, 0.29) is 5.91 Å². The second kappa shape index (κ2) is 6.79. The standard InChI is InChI=1S/C20H17NO2/c1-15(22)21-20-10-6-5-9-19(20)16-11-13-18(14-12-16)23-17-7-3-2-4-8-17/h2-14H,1H3,(H,21,22). The highest BCUT2D eigenvalue weighted by Gasteiger charge is 2.06. The highest BCUT2D eigenvalue weighted by Crippen LogP contribution is 2.30. The maximum atomic E-state index is 11.3. The van der Waals surface area contributed by atoms with Gasteiger partial charge in [0, 0.05) is 18.2 Å². The fraction of sp³-hybridized carbons (Fsp3) is 0.0500. The molecular formula is C20H17NO2. The van der Waals surface area contributed by atoms with E-state index in [1.54, 1.807) is 0 Å². The lowest BCUT2D eigenvalue weighted by Gasteiger charge is -2.11. The molecule has 0 aliphatic carbocycles. The summed E-state index contributed by atoms with van der Waals surface area (Å²) in [7, 11) is 0. The van der Waals surface area contributed by atoms with Crippen molar-refractivity contribution in [3.63, 3.8) is 0 Å². The van der Waals surface area contributed by atoms with Crippen LogP contribution in [0.4, 0.5) is 5.69 Å². The van der Waals surface area contributed by atoms with Gasteiger partial charge in [0.1, 0.15) is 11.5 Å². The lowest BCUT2D eigenvalue weighted by Crippen LogP contribution is -2.06. The summed E-state index contributed by atoms with van der Waals surface area (Å²) in [6, 6.07) is 25.2. The summed E-state index contributed by atoms with van der Waals surface area (Å²) in [5, 5.41) is 2.86. The van der Waals surface area contributed by atoms with Crippen molar-refractivity contribution >= 4 is 11.6 Å². The second-order valence-electron chi connectivity index (χ2n) is 5.17. The molecule has 114 valence electrons. The van der Waals surface area contributed by atoms with Crippen LogP contribution in [0.3, 0.4) is 0 Å². The zero-order valence-corrected chi connectivity index (χ0v) is 12.8. The van der Waals surface area contributed by atoms with Crippen LogP contribution in [0.1, 0.15) is 6.92 Å². The van der Waals surface area contributed by atoms with Gasteiger partial charge in [-0.05, 0) is 35.9 Å². The Balaban J connectivity index is 1.84. The molecule has 0 bridgehead atoms. The van der Waals surface area contributed by atoms with E-state index in [9.17, 15) is 4.79 Å². The monoisotopic (exact) mass is 303 g/mol. The first-order valence-electron chi connectivity index (χ1n) is 7.42. The van der Waals surface area contributed by atoms with Crippen molar-refractivity contribution in [2.45, 2.75) is 6.92 Å². The lowest BCUT2D eigenvalue weighted by molar-refractivity contribution is -0.114. The van der Waals surface area contributed by atoms with E-state index < -0.39 is 0 Å². The number of anilines is 1. The molecule has 0 atom stereocenters. The van der Waals surface area contributed by atoms with Gasteiger partial charge in [-0.15, -0.1) is 0 Å².